The topological polar surface area (TPSA) is 213 Å². The van der Waals surface area contributed by atoms with Gasteiger partial charge in [0.1, 0.15) is 17.9 Å². The second kappa shape index (κ2) is 21.8. The summed E-state index contributed by atoms with van der Waals surface area (Å²) in [5, 5.41) is 40.6. The molecule has 63 heavy (non-hydrogen) atoms. The van der Waals surface area contributed by atoms with Gasteiger partial charge in [-0.25, -0.2) is 28.3 Å². The van der Waals surface area contributed by atoms with Crippen molar-refractivity contribution in [3.05, 3.63) is 161 Å². The summed E-state index contributed by atoms with van der Waals surface area (Å²) in [4.78, 5) is 32.9. The Balaban J connectivity index is 0.000000183. The third-order valence-electron chi connectivity index (χ3n) is 9.54. The smallest absolute Gasteiger partial charge is 0.410 e. The number of nitriles is 2. The Bertz CT molecular complexity index is 2720. The third-order valence-corrected chi connectivity index (χ3v) is 9.54. The molecule has 0 aliphatic carbocycles. The van der Waals surface area contributed by atoms with Crippen LogP contribution in [0.4, 0.5) is 29.7 Å². The van der Waals surface area contributed by atoms with Crippen LogP contribution in [0.2, 0.25) is 0 Å². The Labute approximate surface area is 362 Å². The van der Waals surface area contributed by atoms with Crippen LogP contribution in [0.25, 0.3) is 22.5 Å². The van der Waals surface area contributed by atoms with Crippen LogP contribution < -0.4 is 20.7 Å². The first-order chi connectivity index (χ1) is 29.8. The third kappa shape index (κ3) is 11.1. The Hall–Kier alpha value is -8.28. The lowest BCUT2D eigenvalue weighted by Gasteiger charge is -2.27. The first-order valence-electron chi connectivity index (χ1n) is 19.0. The number of ether oxygens (including phenoxy) is 1. The summed E-state index contributed by atoms with van der Waals surface area (Å²) in [6, 6.07) is 33.8. The van der Waals surface area contributed by atoms with Gasteiger partial charge in [0.2, 0.25) is 0 Å². The van der Waals surface area contributed by atoms with Crippen LogP contribution in [-0.2, 0) is 25.9 Å². The van der Waals surface area contributed by atoms with Gasteiger partial charge in [-0.1, -0.05) is 93.7 Å². The number of H-pyrrole nitrogens is 2. The maximum atomic E-state index is 14.1. The van der Waals surface area contributed by atoms with Crippen molar-refractivity contribution in [3.8, 4) is 40.4 Å². The van der Waals surface area contributed by atoms with Crippen molar-refractivity contribution in [1.82, 2.24) is 40.6 Å². The van der Waals surface area contributed by atoms with Gasteiger partial charge >= 0.3 is 12.1 Å². The van der Waals surface area contributed by atoms with E-state index in [0.717, 1.165) is 47.7 Å². The average molecular weight is 851 g/mol. The van der Waals surface area contributed by atoms with Crippen LogP contribution in [0, 0.1) is 34.3 Å². The lowest BCUT2D eigenvalue weighted by Crippen LogP contribution is -2.39. The summed E-state index contributed by atoms with van der Waals surface area (Å²) >= 11 is 0. The fraction of sp³-hybridized carbons (Fsp3) is 0.174. The summed E-state index contributed by atoms with van der Waals surface area (Å²) < 4.78 is 32.7. The van der Waals surface area contributed by atoms with E-state index in [1.807, 2.05) is 48.5 Å². The van der Waals surface area contributed by atoms with E-state index in [2.05, 4.69) is 58.4 Å². The van der Waals surface area contributed by atoms with Gasteiger partial charge in [0.15, 0.2) is 23.0 Å². The second-order valence-corrected chi connectivity index (χ2v) is 13.4. The fourth-order valence-electron chi connectivity index (χ4n) is 6.52. The van der Waals surface area contributed by atoms with E-state index >= 15 is 0 Å². The number of nitrogens with one attached hydrogen (secondary N) is 5. The summed E-state index contributed by atoms with van der Waals surface area (Å²) in [7, 11) is 0. The van der Waals surface area contributed by atoms with E-state index in [9.17, 15) is 18.4 Å². The zero-order valence-corrected chi connectivity index (χ0v) is 32.3. The summed E-state index contributed by atoms with van der Waals surface area (Å²) in [6.45, 7) is 2.81. The standard InChI is InChI=1S/C19H15FN6O.C13H8FN3O2.C12H13N3.2CH4/c20-17-15(6-8-22-16(17)10-21)23-19(27)26-9-7-14-13(11-26)18(25-24-14)12-4-2-1-3-5-12;14-12-10(6-7-16-11(12)8-15)17-13(18)19-9-4-2-1-3-5-9;1-2-4-9(5-3-1)12-10-8-13-7-6-11(10)14-15-12;;/h1-6,8H,7,9,11H2,(H,24,25)(H,22,23,27);1-7H,(H,16,17,18);1-5,13H,6-8H2,(H,14,15);2*1H4. The number of halogens is 2. The van der Waals surface area contributed by atoms with Gasteiger partial charge in [-0.05, 0) is 24.3 Å². The minimum atomic E-state index is -0.894. The van der Waals surface area contributed by atoms with Crippen molar-refractivity contribution in [3.63, 3.8) is 0 Å². The normalized spacial score (nSPS) is 12.0. The number of aromatic nitrogens is 6. The molecule has 0 radical (unpaired) electrons. The molecule has 2 aliphatic rings. The number of fused-ring (bicyclic) bond motifs is 2. The number of rotatable bonds is 5. The maximum Gasteiger partial charge on any atom is 0.417 e. The molecule has 0 unspecified atom stereocenters. The van der Waals surface area contributed by atoms with E-state index in [-0.39, 0.29) is 31.9 Å². The number of amides is 3. The maximum absolute atomic E-state index is 14.1. The second-order valence-electron chi connectivity index (χ2n) is 13.4. The van der Waals surface area contributed by atoms with Gasteiger partial charge in [-0.3, -0.25) is 15.5 Å². The Morgan fingerprint density at radius 1 is 0.683 bits per heavy atom. The molecule has 2 aliphatic heterocycles. The summed E-state index contributed by atoms with van der Waals surface area (Å²) in [5.74, 6) is -1.40. The zero-order chi connectivity index (χ0) is 42.6. The van der Waals surface area contributed by atoms with Gasteiger partial charge in [0, 0.05) is 78.5 Å². The van der Waals surface area contributed by atoms with Crippen LogP contribution in [0.3, 0.4) is 0 Å². The van der Waals surface area contributed by atoms with E-state index in [1.54, 1.807) is 47.4 Å². The molecule has 0 bridgehead atoms. The highest BCUT2D eigenvalue weighted by atomic mass is 19.1. The van der Waals surface area contributed by atoms with Crippen LogP contribution in [0.1, 0.15) is 48.8 Å². The molecule has 17 heteroatoms. The molecule has 0 atom stereocenters. The van der Waals surface area contributed by atoms with Gasteiger partial charge < -0.3 is 20.3 Å². The molecule has 0 spiro atoms. The van der Waals surface area contributed by atoms with Crippen molar-refractivity contribution >= 4 is 23.5 Å². The van der Waals surface area contributed by atoms with Crippen LogP contribution in [0.15, 0.2) is 116 Å². The van der Waals surface area contributed by atoms with Gasteiger partial charge in [-0.15, -0.1) is 0 Å². The molecular formula is C46H44F2N12O3. The average Bonchev–Trinajstić information content (AvgIpc) is 3.94. The number of pyridine rings is 2. The van der Waals surface area contributed by atoms with Crippen molar-refractivity contribution in [2.24, 2.45) is 0 Å². The largest absolute Gasteiger partial charge is 0.417 e. The molecule has 9 rings (SSSR count). The highest BCUT2D eigenvalue weighted by Gasteiger charge is 2.26. The number of urea groups is 1. The predicted octanol–water partition coefficient (Wildman–Crippen LogP) is 8.77. The number of carbonyl (C=O) groups excluding carboxylic acids is 2. The molecule has 3 amide bonds. The minimum absolute atomic E-state index is 0. The monoisotopic (exact) mass is 850 g/mol. The first kappa shape index (κ1) is 45.8. The van der Waals surface area contributed by atoms with E-state index < -0.39 is 29.5 Å². The number of carbonyl (C=O) groups is 2. The molecule has 320 valence electrons. The van der Waals surface area contributed by atoms with Gasteiger partial charge in [-0.2, -0.15) is 20.7 Å². The van der Waals surface area contributed by atoms with Crippen LogP contribution in [-0.4, -0.2) is 60.5 Å². The van der Waals surface area contributed by atoms with E-state index in [1.165, 1.54) is 41.3 Å². The van der Waals surface area contributed by atoms with Crippen LogP contribution >= 0.6 is 0 Å². The quantitative estimate of drug-likeness (QED) is 0.111. The van der Waals surface area contributed by atoms with E-state index in [0.29, 0.717) is 25.3 Å². The summed E-state index contributed by atoms with van der Waals surface area (Å²) in [6.07, 6.45) is 3.34. The SMILES string of the molecule is C.C.N#Cc1nccc(NC(=O)N2CCc3[nH]nc(-c4ccccc4)c3C2)c1F.N#Cc1nccc(NC(=O)Oc2ccccc2)c1F.c1ccc(-c2n[nH]c3c2CNCC3)cc1. The molecule has 4 aromatic heterocycles. The lowest BCUT2D eigenvalue weighted by atomic mass is 10.0. The molecule has 3 aromatic carbocycles. The molecular weight excluding hydrogens is 807 g/mol. The first-order valence-corrected chi connectivity index (χ1v) is 19.0. The van der Waals surface area contributed by atoms with Crippen LogP contribution in [0.5, 0.6) is 5.75 Å². The number of hydrogen-bond donors (Lipinski definition) is 5. The number of anilines is 2. The highest BCUT2D eigenvalue weighted by Crippen LogP contribution is 2.29. The van der Waals surface area contributed by atoms with Crippen molar-refractivity contribution < 1.29 is 23.1 Å². The van der Waals surface area contributed by atoms with Crippen molar-refractivity contribution in [2.75, 3.05) is 23.7 Å². The fourth-order valence-corrected chi connectivity index (χ4v) is 6.52. The predicted molar refractivity (Wildman–Crippen MR) is 234 cm³/mol. The number of benzene rings is 3. The van der Waals surface area contributed by atoms with Gasteiger partial charge in [0.05, 0.1) is 29.3 Å². The molecule has 0 saturated carbocycles. The van der Waals surface area contributed by atoms with Gasteiger partial charge in [0.25, 0.3) is 0 Å². The number of aromatic amines is 2. The Kier molecular flexibility index (Phi) is 15.9. The molecule has 6 heterocycles. The minimum Gasteiger partial charge on any atom is -0.410 e. The Morgan fingerprint density at radius 3 is 1.75 bits per heavy atom. The zero-order valence-electron chi connectivity index (χ0n) is 32.3. The van der Waals surface area contributed by atoms with E-state index in [4.69, 9.17) is 15.3 Å². The molecule has 7 aromatic rings. The highest BCUT2D eigenvalue weighted by molar-refractivity contribution is 5.90. The number of para-hydroxylation sites is 1. The lowest BCUT2D eigenvalue weighted by molar-refractivity contribution is 0.206. The molecule has 0 fully saturated rings. The summed E-state index contributed by atoms with van der Waals surface area (Å²) in [5.41, 5.74) is 7.67. The van der Waals surface area contributed by atoms with Crippen molar-refractivity contribution in [2.45, 2.75) is 40.8 Å². The Morgan fingerprint density at radius 2 is 1.19 bits per heavy atom. The van der Waals surface area contributed by atoms with Crippen molar-refractivity contribution in [1.29, 1.82) is 10.5 Å². The molecule has 15 nitrogen and oxygen atoms in total. The molecule has 0 saturated heterocycles. The number of hydrogen-bond acceptors (Lipinski definition) is 10. The molecule has 5 N–H and O–H groups in total. The number of nitrogens with zero attached hydrogens (tertiary/aromatic N) is 7.